The number of rotatable bonds is 5. The lowest BCUT2D eigenvalue weighted by Crippen LogP contribution is -2.15. The standard InChI is InChI=1S/C10H11F3N2O4S/c1-20(18,19)8-4-2-3-7(9(8)15(16)17)14-6-5-10(11,12)13/h2-4,14H,5-6H2,1H3. The third-order valence-corrected chi connectivity index (χ3v) is 3.43. The number of nitro benzene ring substituents is 1. The molecule has 1 rings (SSSR count). The fourth-order valence-electron chi connectivity index (χ4n) is 1.49. The second-order valence-electron chi connectivity index (χ2n) is 3.97. The second kappa shape index (κ2) is 5.65. The monoisotopic (exact) mass is 312 g/mol. The number of benzene rings is 1. The van der Waals surface area contributed by atoms with Crippen molar-refractivity contribution in [2.75, 3.05) is 18.1 Å². The normalized spacial score (nSPS) is 12.2. The average molecular weight is 312 g/mol. The number of sulfone groups is 1. The van der Waals surface area contributed by atoms with Gasteiger partial charge in [-0.25, -0.2) is 8.42 Å². The Morgan fingerprint density at radius 2 is 1.95 bits per heavy atom. The molecule has 0 amide bonds. The van der Waals surface area contributed by atoms with Gasteiger partial charge in [0.25, 0.3) is 0 Å². The number of alkyl halides is 3. The van der Waals surface area contributed by atoms with E-state index in [4.69, 9.17) is 0 Å². The van der Waals surface area contributed by atoms with Gasteiger partial charge in [0, 0.05) is 12.8 Å². The van der Waals surface area contributed by atoms with Crippen LogP contribution < -0.4 is 5.32 Å². The van der Waals surface area contributed by atoms with Gasteiger partial charge in [-0.05, 0) is 12.1 Å². The van der Waals surface area contributed by atoms with E-state index in [0.29, 0.717) is 0 Å². The van der Waals surface area contributed by atoms with Gasteiger partial charge in [-0.15, -0.1) is 0 Å². The summed E-state index contributed by atoms with van der Waals surface area (Å²) in [6.45, 7) is -0.586. The van der Waals surface area contributed by atoms with Crippen LogP contribution in [0, 0.1) is 10.1 Å². The van der Waals surface area contributed by atoms with E-state index in [1.165, 1.54) is 6.07 Å². The first kappa shape index (κ1) is 16.2. The Morgan fingerprint density at radius 3 is 2.40 bits per heavy atom. The highest BCUT2D eigenvalue weighted by Crippen LogP contribution is 2.32. The zero-order chi connectivity index (χ0) is 15.6. The SMILES string of the molecule is CS(=O)(=O)c1cccc(NCCC(F)(F)F)c1[N+](=O)[O-]. The summed E-state index contributed by atoms with van der Waals surface area (Å²) in [5.41, 5.74) is -1.01. The molecule has 0 aromatic heterocycles. The van der Waals surface area contributed by atoms with E-state index in [1.807, 2.05) is 0 Å². The molecule has 1 N–H and O–H groups in total. The summed E-state index contributed by atoms with van der Waals surface area (Å²) < 4.78 is 58.9. The van der Waals surface area contributed by atoms with Crippen molar-refractivity contribution in [3.63, 3.8) is 0 Å². The van der Waals surface area contributed by atoms with Crippen LogP contribution in [-0.2, 0) is 9.84 Å². The minimum Gasteiger partial charge on any atom is -0.379 e. The molecule has 0 fully saturated rings. The van der Waals surface area contributed by atoms with Crippen molar-refractivity contribution in [1.82, 2.24) is 0 Å². The number of halogens is 3. The lowest BCUT2D eigenvalue weighted by molar-refractivity contribution is -0.386. The van der Waals surface area contributed by atoms with Crippen LogP contribution in [0.25, 0.3) is 0 Å². The molecule has 1 aromatic carbocycles. The second-order valence-corrected chi connectivity index (χ2v) is 5.96. The highest BCUT2D eigenvalue weighted by molar-refractivity contribution is 7.90. The Balaban J connectivity index is 3.12. The zero-order valence-corrected chi connectivity index (χ0v) is 11.1. The summed E-state index contributed by atoms with van der Waals surface area (Å²) in [5, 5.41) is 13.2. The highest BCUT2D eigenvalue weighted by Gasteiger charge is 2.28. The number of hydrogen-bond acceptors (Lipinski definition) is 5. The van der Waals surface area contributed by atoms with Crippen LogP contribution in [0.5, 0.6) is 0 Å². The molecule has 0 heterocycles. The zero-order valence-electron chi connectivity index (χ0n) is 10.3. The molecule has 0 radical (unpaired) electrons. The lowest BCUT2D eigenvalue weighted by Gasteiger charge is -2.10. The molecule has 20 heavy (non-hydrogen) atoms. The van der Waals surface area contributed by atoms with E-state index in [1.54, 1.807) is 0 Å². The fraction of sp³-hybridized carbons (Fsp3) is 0.400. The summed E-state index contributed by atoms with van der Waals surface area (Å²) in [6, 6.07) is 3.41. The Morgan fingerprint density at radius 1 is 1.35 bits per heavy atom. The van der Waals surface area contributed by atoms with Gasteiger partial charge < -0.3 is 5.32 Å². The third-order valence-electron chi connectivity index (χ3n) is 2.30. The van der Waals surface area contributed by atoms with Gasteiger partial charge in [-0.3, -0.25) is 10.1 Å². The lowest BCUT2D eigenvalue weighted by atomic mass is 10.2. The van der Waals surface area contributed by atoms with Crippen LogP contribution in [0.4, 0.5) is 24.5 Å². The van der Waals surface area contributed by atoms with Crippen LogP contribution in [0.3, 0.4) is 0 Å². The average Bonchev–Trinajstić information content (AvgIpc) is 2.25. The Hall–Kier alpha value is -1.84. The molecule has 0 aliphatic rings. The molecule has 1 aromatic rings. The summed E-state index contributed by atoms with van der Waals surface area (Å²) in [4.78, 5) is 9.45. The largest absolute Gasteiger partial charge is 0.390 e. The number of anilines is 1. The minimum atomic E-state index is -4.41. The molecule has 0 spiro atoms. The predicted molar refractivity (Wildman–Crippen MR) is 65.4 cm³/mol. The topological polar surface area (TPSA) is 89.3 Å². The van der Waals surface area contributed by atoms with Crippen molar-refractivity contribution >= 4 is 21.2 Å². The van der Waals surface area contributed by atoms with Crippen LogP contribution in [-0.4, -0.2) is 32.3 Å². The quantitative estimate of drug-likeness (QED) is 0.666. The van der Waals surface area contributed by atoms with E-state index in [-0.39, 0.29) is 5.69 Å². The van der Waals surface area contributed by atoms with Gasteiger partial charge in [0.15, 0.2) is 9.84 Å². The Bertz CT molecular complexity index is 613. The van der Waals surface area contributed by atoms with Crippen molar-refractivity contribution < 1.29 is 26.5 Å². The van der Waals surface area contributed by atoms with E-state index < -0.39 is 44.5 Å². The molecule has 0 unspecified atom stereocenters. The summed E-state index contributed by atoms with van der Waals surface area (Å²) in [5.74, 6) is 0. The number of nitrogens with one attached hydrogen (secondary N) is 1. The number of hydrogen-bond donors (Lipinski definition) is 1. The molecule has 0 aliphatic heterocycles. The van der Waals surface area contributed by atoms with Crippen molar-refractivity contribution in [1.29, 1.82) is 0 Å². The predicted octanol–water partition coefficient (Wildman–Crippen LogP) is 2.36. The van der Waals surface area contributed by atoms with Crippen molar-refractivity contribution in [3.05, 3.63) is 28.3 Å². The molecule has 0 aliphatic carbocycles. The van der Waals surface area contributed by atoms with Crippen LogP contribution >= 0.6 is 0 Å². The van der Waals surface area contributed by atoms with Crippen molar-refractivity contribution in [2.45, 2.75) is 17.5 Å². The Kier molecular flexibility index (Phi) is 4.58. The maximum atomic E-state index is 12.0. The molecule has 112 valence electrons. The number of nitro groups is 1. The van der Waals surface area contributed by atoms with Crippen molar-refractivity contribution in [2.24, 2.45) is 0 Å². The molecule has 10 heteroatoms. The van der Waals surface area contributed by atoms with E-state index >= 15 is 0 Å². The third kappa shape index (κ3) is 4.37. The van der Waals surface area contributed by atoms with Crippen LogP contribution in [0.15, 0.2) is 23.1 Å². The highest BCUT2D eigenvalue weighted by atomic mass is 32.2. The minimum absolute atomic E-state index is 0.262. The van der Waals surface area contributed by atoms with Gasteiger partial charge in [-0.1, -0.05) is 6.07 Å². The molecule has 0 saturated carbocycles. The Labute approximate surface area is 112 Å². The molecule has 0 saturated heterocycles. The summed E-state index contributed by atoms with van der Waals surface area (Å²) in [7, 11) is -3.86. The summed E-state index contributed by atoms with van der Waals surface area (Å²) in [6.07, 6.45) is -4.81. The van der Waals surface area contributed by atoms with Gasteiger partial charge in [0.05, 0.1) is 11.3 Å². The summed E-state index contributed by atoms with van der Waals surface area (Å²) >= 11 is 0. The van der Waals surface area contributed by atoms with E-state index in [2.05, 4.69) is 5.32 Å². The molecule has 0 atom stereocenters. The molecule has 0 bridgehead atoms. The number of nitrogens with zero attached hydrogens (tertiary/aromatic N) is 1. The first-order chi connectivity index (χ1) is 9.02. The number of para-hydroxylation sites is 1. The van der Waals surface area contributed by atoms with Gasteiger partial charge in [-0.2, -0.15) is 13.2 Å². The fourth-order valence-corrected chi connectivity index (χ4v) is 2.35. The first-order valence-corrected chi connectivity index (χ1v) is 7.19. The molecular weight excluding hydrogens is 301 g/mol. The van der Waals surface area contributed by atoms with Gasteiger partial charge >= 0.3 is 11.9 Å². The van der Waals surface area contributed by atoms with Gasteiger partial charge in [0.1, 0.15) is 10.6 Å². The van der Waals surface area contributed by atoms with Crippen molar-refractivity contribution in [3.8, 4) is 0 Å². The molecule has 6 nitrogen and oxygen atoms in total. The van der Waals surface area contributed by atoms with Crippen LogP contribution in [0.2, 0.25) is 0 Å². The maximum absolute atomic E-state index is 12.0. The van der Waals surface area contributed by atoms with E-state index in [0.717, 1.165) is 18.4 Å². The molecular formula is C10H11F3N2O4S. The van der Waals surface area contributed by atoms with Crippen LogP contribution in [0.1, 0.15) is 6.42 Å². The maximum Gasteiger partial charge on any atom is 0.390 e. The first-order valence-electron chi connectivity index (χ1n) is 5.30. The smallest absolute Gasteiger partial charge is 0.379 e. The van der Waals surface area contributed by atoms with Gasteiger partial charge in [0.2, 0.25) is 0 Å². The van der Waals surface area contributed by atoms with E-state index in [9.17, 15) is 31.7 Å².